The van der Waals surface area contributed by atoms with Crippen LogP contribution in [-0.4, -0.2) is 17.5 Å². The van der Waals surface area contributed by atoms with Gasteiger partial charge in [0.05, 0.1) is 12.2 Å². The number of carbonyl (C=O) groups is 1. The molecule has 172 valence electrons. The zero-order valence-corrected chi connectivity index (χ0v) is 19.2. The van der Waals surface area contributed by atoms with E-state index in [2.05, 4.69) is 15.1 Å². The van der Waals surface area contributed by atoms with Crippen molar-refractivity contribution in [3.63, 3.8) is 0 Å². The first-order chi connectivity index (χ1) is 17.1. The van der Waals surface area contributed by atoms with Crippen molar-refractivity contribution in [3.8, 4) is 17.4 Å². The third kappa shape index (κ3) is 5.18. The van der Waals surface area contributed by atoms with Gasteiger partial charge in [-0.25, -0.2) is 0 Å². The van der Waals surface area contributed by atoms with Gasteiger partial charge < -0.3 is 24.5 Å². The maximum absolute atomic E-state index is 12.6. The van der Waals surface area contributed by atoms with E-state index in [-0.39, 0.29) is 18.3 Å². The summed E-state index contributed by atoms with van der Waals surface area (Å²) < 4.78 is 11.4. The van der Waals surface area contributed by atoms with E-state index < -0.39 is 0 Å². The molecule has 1 N–H and O–H groups in total. The number of nitrogens with zero attached hydrogens (tertiary/aromatic N) is 3. The van der Waals surface area contributed by atoms with Crippen molar-refractivity contribution < 1.29 is 14.3 Å². The van der Waals surface area contributed by atoms with Crippen LogP contribution in [0.15, 0.2) is 84.9 Å². The minimum absolute atomic E-state index is 0.00246. The Kier molecular flexibility index (Phi) is 6.20. The minimum Gasteiger partial charge on any atom is -0.482 e. The van der Waals surface area contributed by atoms with Crippen molar-refractivity contribution in [1.29, 1.82) is 0 Å². The van der Waals surface area contributed by atoms with Gasteiger partial charge in [0.25, 0.3) is 11.7 Å². The monoisotopic (exact) mass is 482 g/mol. The van der Waals surface area contributed by atoms with E-state index in [1.54, 1.807) is 23.1 Å². The van der Waals surface area contributed by atoms with E-state index >= 15 is 0 Å². The Bertz CT molecular complexity index is 1420. The van der Waals surface area contributed by atoms with Crippen LogP contribution in [0, 0.1) is 6.57 Å². The topological polar surface area (TPSA) is 68.0 Å². The quantitative estimate of drug-likeness (QED) is 0.308. The van der Waals surface area contributed by atoms with Gasteiger partial charge >= 0.3 is 5.88 Å². The van der Waals surface area contributed by atoms with E-state index in [1.807, 2.05) is 66.7 Å². The number of aromatic nitrogens is 1. The average Bonchev–Trinajstić information content (AvgIpc) is 2.88. The van der Waals surface area contributed by atoms with E-state index in [4.69, 9.17) is 27.6 Å². The molecule has 0 unspecified atom stereocenters. The number of benzene rings is 3. The van der Waals surface area contributed by atoms with Gasteiger partial charge in [-0.1, -0.05) is 41.4 Å². The standard InChI is InChI=1S/C27H19ClN4O3/c1-29-25-3-2-4-26(31-25)35-22-12-9-20(10-13-22)30-21-11-14-24-23(15-21)32(27(33)17-34-24)16-18-5-7-19(28)8-6-18/h2-15,30H,16-17H2. The van der Waals surface area contributed by atoms with Crippen LogP contribution in [0.3, 0.4) is 0 Å². The molecule has 3 aromatic carbocycles. The number of pyridine rings is 1. The van der Waals surface area contributed by atoms with Crippen molar-refractivity contribution in [3.05, 3.63) is 107 Å². The summed E-state index contributed by atoms with van der Waals surface area (Å²) >= 11 is 5.99. The Morgan fingerprint density at radius 2 is 1.80 bits per heavy atom. The molecule has 8 heteroatoms. The molecule has 1 amide bonds. The number of carbonyl (C=O) groups excluding carboxylic acids is 1. The Balaban J connectivity index is 1.32. The molecule has 0 spiro atoms. The van der Waals surface area contributed by atoms with Gasteiger partial charge in [0, 0.05) is 22.5 Å². The normalized spacial score (nSPS) is 12.3. The Hall–Kier alpha value is -4.54. The van der Waals surface area contributed by atoms with Gasteiger partial charge in [-0.05, 0) is 66.2 Å². The molecule has 7 nitrogen and oxygen atoms in total. The number of amides is 1. The first kappa shape index (κ1) is 22.3. The second-order valence-electron chi connectivity index (χ2n) is 7.77. The highest BCUT2D eigenvalue weighted by atomic mass is 35.5. The molecule has 1 aliphatic rings. The van der Waals surface area contributed by atoms with Crippen molar-refractivity contribution >= 4 is 40.4 Å². The van der Waals surface area contributed by atoms with Crippen molar-refractivity contribution in [2.24, 2.45) is 0 Å². The molecule has 2 heterocycles. The number of halogens is 1. The maximum Gasteiger partial charge on any atom is 0.314 e. The number of ether oxygens (including phenoxy) is 2. The lowest BCUT2D eigenvalue weighted by Crippen LogP contribution is -2.38. The van der Waals surface area contributed by atoms with Crippen LogP contribution in [-0.2, 0) is 11.3 Å². The van der Waals surface area contributed by atoms with Gasteiger partial charge in [-0.15, -0.1) is 0 Å². The zero-order chi connectivity index (χ0) is 24.2. The minimum atomic E-state index is -0.109. The molecule has 0 bridgehead atoms. The predicted octanol–water partition coefficient (Wildman–Crippen LogP) is 6.75. The number of rotatable bonds is 6. The average molecular weight is 483 g/mol. The number of hydrogen-bond acceptors (Lipinski definition) is 5. The molecule has 0 saturated carbocycles. The van der Waals surface area contributed by atoms with Crippen LogP contribution in [0.2, 0.25) is 5.02 Å². The van der Waals surface area contributed by atoms with Gasteiger partial charge in [-0.2, -0.15) is 0 Å². The summed E-state index contributed by atoms with van der Waals surface area (Å²) in [4.78, 5) is 21.8. The molecular weight excluding hydrogens is 464 g/mol. The SMILES string of the molecule is [C-]#[N+]c1cccc(Oc2ccc(Nc3ccc4c(c3)N(Cc3ccc(Cl)cc3)C(=O)CO4)cc2)n1. The third-order valence-corrected chi connectivity index (χ3v) is 5.60. The van der Waals surface area contributed by atoms with Gasteiger partial charge in [0.1, 0.15) is 11.5 Å². The van der Waals surface area contributed by atoms with Crippen molar-refractivity contribution in [1.82, 2.24) is 4.98 Å². The largest absolute Gasteiger partial charge is 0.482 e. The molecule has 1 aromatic heterocycles. The van der Waals surface area contributed by atoms with Crippen LogP contribution in [0.4, 0.5) is 22.9 Å². The second kappa shape index (κ2) is 9.75. The summed E-state index contributed by atoms with van der Waals surface area (Å²) in [5.74, 6) is 1.79. The molecule has 4 aromatic rings. The summed E-state index contributed by atoms with van der Waals surface area (Å²) in [6.45, 7) is 7.49. The molecule has 0 atom stereocenters. The van der Waals surface area contributed by atoms with Gasteiger partial charge in [0.2, 0.25) is 0 Å². The molecule has 0 fully saturated rings. The molecular formula is C27H19ClN4O3. The molecule has 35 heavy (non-hydrogen) atoms. The molecule has 5 rings (SSSR count). The summed E-state index contributed by atoms with van der Waals surface area (Å²) in [5, 5.41) is 4.00. The van der Waals surface area contributed by atoms with E-state index in [9.17, 15) is 4.79 Å². The number of anilines is 3. The summed E-state index contributed by atoms with van der Waals surface area (Å²) in [6, 6.07) is 25.5. The third-order valence-electron chi connectivity index (χ3n) is 5.34. The van der Waals surface area contributed by atoms with E-state index in [0.717, 1.165) is 16.9 Å². The molecule has 0 saturated heterocycles. The fourth-order valence-corrected chi connectivity index (χ4v) is 3.77. The van der Waals surface area contributed by atoms with Crippen LogP contribution in [0.25, 0.3) is 4.85 Å². The number of hydrogen-bond donors (Lipinski definition) is 1. The predicted molar refractivity (Wildman–Crippen MR) is 135 cm³/mol. The smallest absolute Gasteiger partial charge is 0.314 e. The van der Waals surface area contributed by atoms with E-state index in [1.165, 1.54) is 0 Å². The fraction of sp³-hybridized carbons (Fsp3) is 0.0741. The lowest BCUT2D eigenvalue weighted by Gasteiger charge is -2.30. The van der Waals surface area contributed by atoms with Crippen molar-refractivity contribution in [2.75, 3.05) is 16.8 Å². The molecule has 0 aliphatic carbocycles. The highest BCUT2D eigenvalue weighted by Crippen LogP contribution is 2.36. The Morgan fingerprint density at radius 3 is 2.57 bits per heavy atom. The van der Waals surface area contributed by atoms with Crippen LogP contribution in [0.5, 0.6) is 17.4 Å². The highest BCUT2D eigenvalue weighted by Gasteiger charge is 2.26. The van der Waals surface area contributed by atoms with E-state index in [0.29, 0.717) is 34.6 Å². The summed E-state index contributed by atoms with van der Waals surface area (Å²) in [7, 11) is 0. The first-order valence-electron chi connectivity index (χ1n) is 10.8. The lowest BCUT2D eigenvalue weighted by molar-refractivity contribution is -0.121. The Labute approximate surface area is 207 Å². The number of fused-ring (bicyclic) bond motifs is 1. The molecule has 1 aliphatic heterocycles. The Morgan fingerprint density at radius 1 is 1.03 bits per heavy atom. The summed E-state index contributed by atoms with van der Waals surface area (Å²) in [6.07, 6.45) is 0. The lowest BCUT2D eigenvalue weighted by atomic mass is 10.1. The maximum atomic E-state index is 12.6. The fourth-order valence-electron chi connectivity index (χ4n) is 3.64. The van der Waals surface area contributed by atoms with Crippen LogP contribution < -0.4 is 19.7 Å². The van der Waals surface area contributed by atoms with Gasteiger partial charge in [-0.3, -0.25) is 4.79 Å². The van der Waals surface area contributed by atoms with Crippen LogP contribution in [0.1, 0.15) is 5.56 Å². The van der Waals surface area contributed by atoms with Crippen molar-refractivity contribution in [2.45, 2.75) is 6.54 Å². The summed E-state index contributed by atoms with van der Waals surface area (Å²) in [5.41, 5.74) is 3.32. The zero-order valence-electron chi connectivity index (χ0n) is 18.4. The van der Waals surface area contributed by atoms with Gasteiger partial charge in [0.15, 0.2) is 6.61 Å². The number of nitrogens with one attached hydrogen (secondary N) is 1. The van der Waals surface area contributed by atoms with Crippen LogP contribution >= 0.6 is 11.6 Å². The second-order valence-corrected chi connectivity index (χ2v) is 8.21. The molecule has 0 radical (unpaired) electrons. The first-order valence-corrected chi connectivity index (χ1v) is 11.2. The highest BCUT2D eigenvalue weighted by molar-refractivity contribution is 6.30.